The lowest BCUT2D eigenvalue weighted by Crippen LogP contribution is -2.46. The van der Waals surface area contributed by atoms with Crippen LogP contribution in [0, 0.1) is 0 Å². The van der Waals surface area contributed by atoms with Gasteiger partial charge in [-0.25, -0.2) is 0 Å². The number of alkyl halides is 3. The quantitative estimate of drug-likeness (QED) is 0.921. The molecule has 1 N–H and O–H groups in total. The van der Waals surface area contributed by atoms with Crippen molar-refractivity contribution in [2.45, 2.75) is 18.6 Å². The lowest BCUT2D eigenvalue weighted by Gasteiger charge is -2.35. The molecule has 1 heterocycles. The Morgan fingerprint density at radius 1 is 1.20 bits per heavy atom. The van der Waals surface area contributed by atoms with E-state index < -0.39 is 18.6 Å². The average molecular weight is 288 g/mol. The van der Waals surface area contributed by atoms with E-state index in [0.29, 0.717) is 24.4 Å². The van der Waals surface area contributed by atoms with Crippen molar-refractivity contribution in [2.75, 3.05) is 33.3 Å². The van der Waals surface area contributed by atoms with Gasteiger partial charge in [0.25, 0.3) is 0 Å². The Morgan fingerprint density at radius 3 is 2.30 bits per heavy atom. The Balaban J connectivity index is 2.19. The highest BCUT2D eigenvalue weighted by atomic mass is 19.4. The molecule has 1 aromatic rings. The van der Waals surface area contributed by atoms with Gasteiger partial charge in [0.15, 0.2) is 0 Å². The van der Waals surface area contributed by atoms with Crippen LogP contribution in [0.5, 0.6) is 5.75 Å². The first-order valence-electron chi connectivity index (χ1n) is 6.65. The third-order valence-electron chi connectivity index (χ3n) is 3.52. The normalized spacial score (nSPS) is 18.8. The standard InChI is InChI=1S/C14H19F3N2O/c1-20-12-4-2-11(3-5-12)13(10-14(15,16)17)19-8-6-18-7-9-19/h2-5,13,18H,6-10H2,1H3/t13-/m0/s1. The van der Waals surface area contributed by atoms with E-state index in [0.717, 1.165) is 13.1 Å². The molecule has 0 spiro atoms. The van der Waals surface area contributed by atoms with Gasteiger partial charge in [0.1, 0.15) is 5.75 Å². The van der Waals surface area contributed by atoms with Crippen molar-refractivity contribution in [2.24, 2.45) is 0 Å². The summed E-state index contributed by atoms with van der Waals surface area (Å²) in [5.74, 6) is 0.653. The van der Waals surface area contributed by atoms with E-state index in [1.807, 2.05) is 4.90 Å². The summed E-state index contributed by atoms with van der Waals surface area (Å²) in [5.41, 5.74) is 0.685. The predicted octanol–water partition coefficient (Wildman–Crippen LogP) is 2.59. The van der Waals surface area contributed by atoms with Crippen LogP contribution in [-0.2, 0) is 0 Å². The molecule has 1 fully saturated rings. The largest absolute Gasteiger partial charge is 0.497 e. The smallest absolute Gasteiger partial charge is 0.390 e. The molecule has 112 valence electrons. The molecular formula is C14H19F3N2O. The van der Waals surface area contributed by atoms with E-state index >= 15 is 0 Å². The molecule has 0 aromatic heterocycles. The van der Waals surface area contributed by atoms with Gasteiger partial charge in [-0.1, -0.05) is 12.1 Å². The number of benzene rings is 1. The summed E-state index contributed by atoms with van der Waals surface area (Å²) >= 11 is 0. The Hall–Kier alpha value is -1.27. The lowest BCUT2D eigenvalue weighted by molar-refractivity contribution is -0.148. The van der Waals surface area contributed by atoms with E-state index in [2.05, 4.69) is 5.32 Å². The number of methoxy groups -OCH3 is 1. The van der Waals surface area contributed by atoms with Crippen molar-refractivity contribution < 1.29 is 17.9 Å². The second-order valence-corrected chi connectivity index (χ2v) is 4.89. The number of hydrogen-bond acceptors (Lipinski definition) is 3. The predicted molar refractivity (Wildman–Crippen MR) is 70.8 cm³/mol. The van der Waals surface area contributed by atoms with Gasteiger partial charge in [-0.3, -0.25) is 4.90 Å². The van der Waals surface area contributed by atoms with E-state index in [4.69, 9.17) is 4.74 Å². The van der Waals surface area contributed by atoms with Crippen LogP contribution < -0.4 is 10.1 Å². The van der Waals surface area contributed by atoms with Crippen molar-refractivity contribution in [3.63, 3.8) is 0 Å². The van der Waals surface area contributed by atoms with Gasteiger partial charge in [-0.2, -0.15) is 13.2 Å². The Kier molecular flexibility index (Phi) is 4.88. The Morgan fingerprint density at radius 2 is 1.80 bits per heavy atom. The van der Waals surface area contributed by atoms with Crippen LogP contribution >= 0.6 is 0 Å². The number of piperazine rings is 1. The van der Waals surface area contributed by atoms with E-state index in [-0.39, 0.29) is 0 Å². The van der Waals surface area contributed by atoms with Crippen molar-refractivity contribution >= 4 is 0 Å². The highest BCUT2D eigenvalue weighted by Gasteiger charge is 2.35. The summed E-state index contributed by atoms with van der Waals surface area (Å²) in [5, 5.41) is 3.16. The molecule has 0 amide bonds. The maximum absolute atomic E-state index is 12.8. The van der Waals surface area contributed by atoms with Gasteiger partial charge in [0.05, 0.1) is 13.5 Å². The molecule has 3 nitrogen and oxygen atoms in total. The maximum Gasteiger partial charge on any atom is 0.390 e. The van der Waals surface area contributed by atoms with E-state index in [9.17, 15) is 13.2 Å². The third kappa shape index (κ3) is 4.11. The molecule has 1 atom stereocenters. The van der Waals surface area contributed by atoms with Crippen LogP contribution in [0.4, 0.5) is 13.2 Å². The molecule has 0 bridgehead atoms. The molecule has 20 heavy (non-hydrogen) atoms. The van der Waals surface area contributed by atoms with Crippen molar-refractivity contribution in [1.29, 1.82) is 0 Å². The van der Waals surface area contributed by atoms with Crippen LogP contribution in [0.2, 0.25) is 0 Å². The molecule has 0 radical (unpaired) electrons. The van der Waals surface area contributed by atoms with Crippen LogP contribution in [0.3, 0.4) is 0 Å². The highest BCUT2D eigenvalue weighted by molar-refractivity contribution is 5.29. The summed E-state index contributed by atoms with van der Waals surface area (Å²) in [6, 6.07) is 6.24. The minimum Gasteiger partial charge on any atom is -0.497 e. The lowest BCUT2D eigenvalue weighted by atomic mass is 10.0. The monoisotopic (exact) mass is 288 g/mol. The van der Waals surface area contributed by atoms with Gasteiger partial charge in [0.2, 0.25) is 0 Å². The van der Waals surface area contributed by atoms with E-state index in [1.165, 1.54) is 0 Å². The van der Waals surface area contributed by atoms with E-state index in [1.54, 1.807) is 31.4 Å². The molecule has 0 aliphatic carbocycles. The van der Waals surface area contributed by atoms with Crippen LogP contribution in [-0.4, -0.2) is 44.4 Å². The number of rotatable bonds is 4. The summed E-state index contributed by atoms with van der Waals surface area (Å²) in [4.78, 5) is 1.89. The molecular weight excluding hydrogens is 269 g/mol. The fourth-order valence-electron chi connectivity index (χ4n) is 2.50. The number of halogens is 3. The van der Waals surface area contributed by atoms with Crippen molar-refractivity contribution in [1.82, 2.24) is 10.2 Å². The maximum atomic E-state index is 12.8. The summed E-state index contributed by atoms with van der Waals surface area (Å²) in [6.45, 7) is 2.72. The minimum absolute atomic E-state index is 0.622. The first-order valence-corrected chi connectivity index (χ1v) is 6.65. The second-order valence-electron chi connectivity index (χ2n) is 4.89. The zero-order valence-electron chi connectivity index (χ0n) is 11.4. The zero-order valence-corrected chi connectivity index (χ0v) is 11.4. The first-order chi connectivity index (χ1) is 9.49. The molecule has 1 aliphatic rings. The third-order valence-corrected chi connectivity index (χ3v) is 3.52. The fraction of sp³-hybridized carbons (Fsp3) is 0.571. The number of nitrogens with zero attached hydrogens (tertiary/aromatic N) is 1. The molecule has 1 saturated heterocycles. The average Bonchev–Trinajstić information content (AvgIpc) is 2.45. The summed E-state index contributed by atoms with van der Waals surface area (Å²) < 4.78 is 43.5. The van der Waals surface area contributed by atoms with Gasteiger partial charge >= 0.3 is 6.18 Å². The molecule has 1 aromatic carbocycles. The van der Waals surface area contributed by atoms with Crippen LogP contribution in [0.25, 0.3) is 0 Å². The minimum atomic E-state index is -4.17. The van der Waals surface area contributed by atoms with Gasteiger partial charge < -0.3 is 10.1 Å². The van der Waals surface area contributed by atoms with Crippen molar-refractivity contribution in [3.05, 3.63) is 29.8 Å². The highest BCUT2D eigenvalue weighted by Crippen LogP contribution is 2.34. The molecule has 1 aliphatic heterocycles. The molecule has 6 heteroatoms. The topological polar surface area (TPSA) is 24.5 Å². The zero-order chi connectivity index (χ0) is 14.6. The summed E-state index contributed by atoms with van der Waals surface area (Å²) in [7, 11) is 1.54. The Bertz CT molecular complexity index is 413. The number of ether oxygens (including phenoxy) is 1. The SMILES string of the molecule is COc1ccc([C@H](CC(F)(F)F)N2CCNCC2)cc1. The Labute approximate surface area is 116 Å². The van der Waals surface area contributed by atoms with Gasteiger partial charge in [-0.15, -0.1) is 0 Å². The second kappa shape index (κ2) is 6.45. The fourth-order valence-corrected chi connectivity index (χ4v) is 2.50. The van der Waals surface area contributed by atoms with Crippen molar-refractivity contribution in [3.8, 4) is 5.75 Å². The molecule has 0 saturated carbocycles. The van der Waals surface area contributed by atoms with Crippen LogP contribution in [0.15, 0.2) is 24.3 Å². The molecule has 2 rings (SSSR count). The van der Waals surface area contributed by atoms with Gasteiger partial charge in [0, 0.05) is 32.2 Å². The van der Waals surface area contributed by atoms with Gasteiger partial charge in [-0.05, 0) is 17.7 Å². The number of hydrogen-bond donors (Lipinski definition) is 1. The first kappa shape index (κ1) is 15.1. The summed E-state index contributed by atoms with van der Waals surface area (Å²) in [6.07, 6.45) is -4.99. The van der Waals surface area contributed by atoms with Crippen LogP contribution in [0.1, 0.15) is 18.0 Å². The molecule has 0 unspecified atom stereocenters. The number of nitrogens with one attached hydrogen (secondary N) is 1.